The molecule has 0 bridgehead atoms. The molecule has 0 aromatic carbocycles. The van der Waals surface area contributed by atoms with Gasteiger partial charge >= 0.3 is 0 Å². The summed E-state index contributed by atoms with van der Waals surface area (Å²) in [6.45, 7) is 1.62. The van der Waals surface area contributed by atoms with E-state index in [1.54, 1.807) is 13.0 Å². The summed E-state index contributed by atoms with van der Waals surface area (Å²) in [7, 11) is 0. The third kappa shape index (κ3) is 1.30. The number of aromatic amines is 1. The predicted molar refractivity (Wildman–Crippen MR) is 50.9 cm³/mol. The van der Waals surface area contributed by atoms with Crippen LogP contribution in [-0.2, 0) is 0 Å². The number of hydrogen-bond acceptors (Lipinski definition) is 3. The number of H-pyrrole nitrogens is 1. The smallest absolute Gasteiger partial charge is 0.268 e. The van der Waals surface area contributed by atoms with Gasteiger partial charge in [0.1, 0.15) is 11.6 Å². The molecule has 0 unspecified atom stereocenters. The van der Waals surface area contributed by atoms with Crippen LogP contribution in [0.3, 0.4) is 0 Å². The Labute approximate surface area is 82.0 Å². The Kier molecular flexibility index (Phi) is 2.38. The highest BCUT2D eigenvalue weighted by atomic mass is 127. The van der Waals surface area contributed by atoms with Crippen LogP contribution in [0.4, 0.5) is 0 Å². The summed E-state index contributed by atoms with van der Waals surface area (Å²) < 4.78 is 0.503. The van der Waals surface area contributed by atoms with E-state index in [0.29, 0.717) is 9.13 Å². The maximum absolute atomic E-state index is 11.0. The Morgan fingerprint density at radius 3 is 2.75 bits per heavy atom. The van der Waals surface area contributed by atoms with Crippen molar-refractivity contribution in [3.63, 3.8) is 0 Å². The number of nitriles is 1. The maximum atomic E-state index is 11.0. The highest BCUT2D eigenvalue weighted by Gasteiger charge is 2.10. The van der Waals surface area contributed by atoms with Crippen molar-refractivity contribution >= 4 is 22.6 Å². The Balaban J connectivity index is 3.66. The molecule has 0 amide bonds. The highest BCUT2D eigenvalue weighted by molar-refractivity contribution is 14.1. The van der Waals surface area contributed by atoms with Gasteiger partial charge in [-0.2, -0.15) is 5.26 Å². The number of nitrogens with zero attached hydrogens (tertiary/aromatic N) is 1. The quantitative estimate of drug-likeness (QED) is 0.690. The molecular formula is C7H5IN2O2. The van der Waals surface area contributed by atoms with Crippen LogP contribution in [-0.4, -0.2) is 10.1 Å². The molecule has 0 atom stereocenters. The Hall–Kier alpha value is -1.03. The van der Waals surface area contributed by atoms with Gasteiger partial charge in [0.2, 0.25) is 5.88 Å². The molecule has 0 fully saturated rings. The second kappa shape index (κ2) is 3.15. The largest absolute Gasteiger partial charge is 0.494 e. The molecule has 2 N–H and O–H groups in total. The van der Waals surface area contributed by atoms with E-state index in [1.807, 2.05) is 22.6 Å². The monoisotopic (exact) mass is 276 g/mol. The number of hydrogen-bond donors (Lipinski definition) is 2. The Morgan fingerprint density at radius 2 is 2.25 bits per heavy atom. The van der Waals surface area contributed by atoms with Crippen molar-refractivity contribution in [2.75, 3.05) is 0 Å². The van der Waals surface area contributed by atoms with Crippen LogP contribution in [0, 0.1) is 21.8 Å². The van der Waals surface area contributed by atoms with Crippen molar-refractivity contribution in [1.82, 2.24) is 4.98 Å². The van der Waals surface area contributed by atoms with Crippen LogP contribution >= 0.6 is 22.6 Å². The molecule has 1 rings (SSSR count). The van der Waals surface area contributed by atoms with E-state index in [2.05, 4.69) is 4.98 Å². The van der Waals surface area contributed by atoms with Gasteiger partial charge in [0.25, 0.3) is 5.56 Å². The van der Waals surface area contributed by atoms with E-state index in [4.69, 9.17) is 10.4 Å². The minimum absolute atomic E-state index is 0.0530. The molecule has 62 valence electrons. The number of pyridine rings is 1. The maximum Gasteiger partial charge on any atom is 0.268 e. The van der Waals surface area contributed by atoms with Crippen LogP contribution < -0.4 is 5.56 Å². The van der Waals surface area contributed by atoms with Crippen molar-refractivity contribution in [3.8, 4) is 11.9 Å². The second-order valence-electron chi connectivity index (χ2n) is 2.23. The van der Waals surface area contributed by atoms with E-state index in [-0.39, 0.29) is 11.4 Å². The molecule has 12 heavy (non-hydrogen) atoms. The molecule has 0 saturated carbocycles. The van der Waals surface area contributed by atoms with Crippen molar-refractivity contribution in [3.05, 3.63) is 25.1 Å². The van der Waals surface area contributed by atoms with E-state index < -0.39 is 5.56 Å². The van der Waals surface area contributed by atoms with Crippen LogP contribution in [0.15, 0.2) is 4.79 Å². The molecule has 0 radical (unpaired) electrons. The third-order valence-corrected chi connectivity index (χ3v) is 2.80. The summed E-state index contributed by atoms with van der Waals surface area (Å²) in [5.74, 6) is -0.183. The van der Waals surface area contributed by atoms with E-state index in [0.717, 1.165) is 0 Å². The number of rotatable bonds is 0. The first kappa shape index (κ1) is 9.06. The second-order valence-corrected chi connectivity index (χ2v) is 3.31. The Morgan fingerprint density at radius 1 is 1.67 bits per heavy atom. The van der Waals surface area contributed by atoms with Gasteiger partial charge in [0, 0.05) is 0 Å². The molecule has 1 aromatic heterocycles. The van der Waals surface area contributed by atoms with Crippen molar-refractivity contribution in [1.29, 1.82) is 5.26 Å². The topological polar surface area (TPSA) is 76.9 Å². The first-order valence-corrected chi connectivity index (χ1v) is 4.17. The van der Waals surface area contributed by atoms with Gasteiger partial charge in [0.05, 0.1) is 3.57 Å². The molecular weight excluding hydrogens is 271 g/mol. The van der Waals surface area contributed by atoms with Gasteiger partial charge in [-0.15, -0.1) is 0 Å². The molecule has 0 spiro atoms. The SMILES string of the molecule is Cc1c(I)c(O)[nH]c(=O)c1C#N. The minimum Gasteiger partial charge on any atom is -0.494 e. The van der Waals surface area contributed by atoms with E-state index >= 15 is 0 Å². The number of aromatic hydroxyl groups is 1. The lowest BCUT2D eigenvalue weighted by molar-refractivity contribution is 0.447. The average Bonchev–Trinajstić information content (AvgIpc) is 2.01. The molecule has 1 aromatic rings. The lowest BCUT2D eigenvalue weighted by Crippen LogP contribution is -2.12. The molecule has 4 nitrogen and oxygen atoms in total. The first-order valence-electron chi connectivity index (χ1n) is 3.09. The van der Waals surface area contributed by atoms with Crippen LogP contribution in [0.25, 0.3) is 0 Å². The Bertz CT molecular complexity index is 417. The van der Waals surface area contributed by atoms with E-state index in [9.17, 15) is 4.79 Å². The zero-order valence-corrected chi connectivity index (χ0v) is 8.34. The lowest BCUT2D eigenvalue weighted by atomic mass is 10.2. The lowest BCUT2D eigenvalue weighted by Gasteiger charge is -2.01. The zero-order valence-electron chi connectivity index (χ0n) is 6.18. The number of nitrogens with one attached hydrogen (secondary N) is 1. The van der Waals surface area contributed by atoms with Gasteiger partial charge in [-0.05, 0) is 35.1 Å². The zero-order chi connectivity index (χ0) is 9.30. The highest BCUT2D eigenvalue weighted by Crippen LogP contribution is 2.19. The van der Waals surface area contributed by atoms with Crippen LogP contribution in [0.1, 0.15) is 11.1 Å². The normalized spacial score (nSPS) is 9.42. The van der Waals surface area contributed by atoms with Gasteiger partial charge < -0.3 is 5.11 Å². The van der Waals surface area contributed by atoms with Crippen molar-refractivity contribution in [2.24, 2.45) is 0 Å². The third-order valence-electron chi connectivity index (χ3n) is 1.48. The van der Waals surface area contributed by atoms with E-state index in [1.165, 1.54) is 0 Å². The number of aromatic nitrogens is 1. The fourth-order valence-electron chi connectivity index (χ4n) is 0.817. The number of halogens is 1. The summed E-state index contributed by atoms with van der Waals surface area (Å²) in [6.07, 6.45) is 0. The van der Waals surface area contributed by atoms with Crippen LogP contribution in [0.2, 0.25) is 0 Å². The van der Waals surface area contributed by atoms with Crippen molar-refractivity contribution in [2.45, 2.75) is 6.92 Å². The van der Waals surface area contributed by atoms with Gasteiger partial charge in [0.15, 0.2) is 0 Å². The predicted octanol–water partition coefficient (Wildman–Crippen LogP) is 0.865. The minimum atomic E-state index is -0.548. The fraction of sp³-hybridized carbons (Fsp3) is 0.143. The summed E-state index contributed by atoms with van der Waals surface area (Å²) in [6, 6.07) is 1.77. The molecule has 0 aliphatic heterocycles. The fourth-order valence-corrected chi connectivity index (χ4v) is 1.22. The van der Waals surface area contributed by atoms with Crippen LogP contribution in [0.5, 0.6) is 5.88 Å². The van der Waals surface area contributed by atoms with Gasteiger partial charge in [-0.1, -0.05) is 0 Å². The standard InChI is InChI=1S/C7H5IN2O2/c1-3-4(2-9)6(11)10-7(12)5(3)8/h1H3,(H2,10,11,12). The molecule has 5 heteroatoms. The average molecular weight is 276 g/mol. The molecule has 0 saturated heterocycles. The molecule has 1 heterocycles. The summed E-state index contributed by atoms with van der Waals surface area (Å²) >= 11 is 1.86. The van der Waals surface area contributed by atoms with Gasteiger partial charge in [-0.25, -0.2) is 0 Å². The van der Waals surface area contributed by atoms with Crippen molar-refractivity contribution < 1.29 is 5.11 Å². The molecule has 0 aliphatic rings. The summed E-state index contributed by atoms with van der Waals surface area (Å²) in [5, 5.41) is 17.7. The summed E-state index contributed by atoms with van der Waals surface area (Å²) in [4.78, 5) is 13.2. The summed E-state index contributed by atoms with van der Waals surface area (Å²) in [5.41, 5.74) is 0.0180. The molecule has 0 aliphatic carbocycles. The van der Waals surface area contributed by atoms with Gasteiger partial charge in [-0.3, -0.25) is 9.78 Å². The first-order chi connectivity index (χ1) is 5.57.